The van der Waals surface area contributed by atoms with Crippen molar-refractivity contribution in [2.45, 2.75) is 45.3 Å². The lowest BCUT2D eigenvalue weighted by molar-refractivity contribution is -0.135. The molecule has 20 heavy (non-hydrogen) atoms. The summed E-state index contributed by atoms with van der Waals surface area (Å²) in [4.78, 5) is 11.5. The van der Waals surface area contributed by atoms with Crippen LogP contribution in [-0.2, 0) is 9.53 Å². The summed E-state index contributed by atoms with van der Waals surface area (Å²) in [5, 5.41) is 10.1. The zero-order valence-electron chi connectivity index (χ0n) is 12.5. The maximum Gasteiger partial charge on any atom is 0.157 e. The van der Waals surface area contributed by atoms with Crippen LogP contribution in [0.3, 0.4) is 0 Å². The molecule has 4 aliphatic carbocycles. The van der Waals surface area contributed by atoms with E-state index in [4.69, 9.17) is 4.74 Å². The monoisotopic (exact) mass is 278 g/mol. The summed E-state index contributed by atoms with van der Waals surface area (Å²) >= 11 is 0. The molecule has 1 N–H and O–H groups in total. The lowest BCUT2D eigenvalue weighted by Gasteiger charge is -2.36. The van der Waals surface area contributed by atoms with Crippen molar-refractivity contribution >= 4 is 6.29 Å². The molecule has 0 aromatic carbocycles. The number of rotatable bonds is 3. The van der Waals surface area contributed by atoms with Gasteiger partial charge in [0.05, 0.1) is 0 Å². The Balaban J connectivity index is 1.61. The Labute approximate surface area is 121 Å². The van der Waals surface area contributed by atoms with E-state index in [2.05, 4.69) is 6.92 Å². The first kappa shape index (κ1) is 13.3. The number of aliphatic hydroxyl groups excluding tert-OH is 1. The summed E-state index contributed by atoms with van der Waals surface area (Å²) in [6, 6.07) is 0. The molecule has 0 aliphatic heterocycles. The second-order valence-corrected chi connectivity index (χ2v) is 8.28. The van der Waals surface area contributed by atoms with E-state index in [0.29, 0.717) is 11.8 Å². The first-order valence-electron chi connectivity index (χ1n) is 8.23. The Morgan fingerprint density at radius 1 is 1.15 bits per heavy atom. The summed E-state index contributed by atoms with van der Waals surface area (Å²) in [6.45, 7) is 2.16. The smallest absolute Gasteiger partial charge is 0.157 e. The van der Waals surface area contributed by atoms with E-state index in [9.17, 15) is 9.90 Å². The summed E-state index contributed by atoms with van der Waals surface area (Å²) < 4.78 is 5.21. The predicted octanol–water partition coefficient (Wildman–Crippen LogP) is 2.47. The second kappa shape index (κ2) is 4.30. The quantitative estimate of drug-likeness (QED) is 0.490. The van der Waals surface area contributed by atoms with Gasteiger partial charge in [0.25, 0.3) is 0 Å². The number of hydrogen-bond donors (Lipinski definition) is 1. The van der Waals surface area contributed by atoms with Crippen molar-refractivity contribution < 1.29 is 14.6 Å². The minimum atomic E-state index is -0.580. The number of hydrogen-bond acceptors (Lipinski definition) is 3. The first-order chi connectivity index (χ1) is 9.56. The zero-order chi connectivity index (χ0) is 14.1. The van der Waals surface area contributed by atoms with E-state index in [-0.39, 0.29) is 5.41 Å². The fraction of sp³-hybridized carbons (Fsp3) is 0.941. The van der Waals surface area contributed by atoms with Crippen LogP contribution in [0.2, 0.25) is 0 Å². The maximum atomic E-state index is 11.5. The molecule has 9 unspecified atom stereocenters. The maximum absolute atomic E-state index is 11.5. The predicted molar refractivity (Wildman–Crippen MR) is 74.7 cm³/mol. The summed E-state index contributed by atoms with van der Waals surface area (Å²) in [5.41, 5.74) is -0.0767. The third-order valence-corrected chi connectivity index (χ3v) is 7.23. The zero-order valence-corrected chi connectivity index (χ0v) is 12.5. The van der Waals surface area contributed by atoms with Gasteiger partial charge in [0.2, 0.25) is 0 Å². The third kappa shape index (κ3) is 1.62. The van der Waals surface area contributed by atoms with Gasteiger partial charge in [-0.25, -0.2) is 0 Å². The molecule has 0 aromatic heterocycles. The highest BCUT2D eigenvalue weighted by atomic mass is 16.6. The molecule has 9 atom stereocenters. The normalized spacial score (nSPS) is 57.6. The summed E-state index contributed by atoms with van der Waals surface area (Å²) in [7, 11) is 1.62. The van der Waals surface area contributed by atoms with Crippen LogP contribution in [0.25, 0.3) is 0 Å². The van der Waals surface area contributed by atoms with Crippen LogP contribution in [0.1, 0.15) is 39.0 Å². The molecule has 4 fully saturated rings. The Kier molecular flexibility index (Phi) is 2.85. The minimum Gasteiger partial charge on any atom is -0.368 e. The highest BCUT2D eigenvalue weighted by Crippen LogP contribution is 2.69. The summed E-state index contributed by atoms with van der Waals surface area (Å²) in [6.07, 6.45) is 6.59. The van der Waals surface area contributed by atoms with E-state index in [1.54, 1.807) is 7.11 Å². The molecule has 3 heteroatoms. The number of aliphatic hydroxyl groups is 1. The van der Waals surface area contributed by atoms with Gasteiger partial charge in [-0.1, -0.05) is 6.92 Å². The van der Waals surface area contributed by atoms with E-state index >= 15 is 0 Å². The van der Waals surface area contributed by atoms with Crippen LogP contribution in [-0.4, -0.2) is 24.8 Å². The first-order valence-corrected chi connectivity index (χ1v) is 8.23. The second-order valence-electron chi connectivity index (χ2n) is 8.28. The van der Waals surface area contributed by atoms with E-state index in [0.717, 1.165) is 48.9 Å². The van der Waals surface area contributed by atoms with Crippen LogP contribution >= 0.6 is 0 Å². The fourth-order valence-electron chi connectivity index (χ4n) is 6.89. The molecule has 0 spiro atoms. The number of methoxy groups -OCH3 is 1. The number of carbonyl (C=O) groups is 1. The Hall–Kier alpha value is -0.410. The van der Waals surface area contributed by atoms with Crippen molar-refractivity contribution in [1.29, 1.82) is 0 Å². The minimum absolute atomic E-state index is 0.0767. The van der Waals surface area contributed by atoms with Crippen LogP contribution in [0, 0.1) is 46.8 Å². The molecular formula is C17H26O3. The lowest BCUT2D eigenvalue weighted by atomic mass is 9.69. The Bertz CT molecular complexity index is 422. The fourth-order valence-corrected chi connectivity index (χ4v) is 6.89. The molecule has 4 bridgehead atoms. The molecule has 4 aliphatic rings. The van der Waals surface area contributed by atoms with Gasteiger partial charge in [-0.3, -0.25) is 0 Å². The number of carbonyl (C=O) groups excluding carboxylic acids is 1. The average Bonchev–Trinajstić information content (AvgIpc) is 3.09. The van der Waals surface area contributed by atoms with Crippen molar-refractivity contribution in [3.8, 4) is 0 Å². The van der Waals surface area contributed by atoms with Crippen LogP contribution in [0.15, 0.2) is 0 Å². The van der Waals surface area contributed by atoms with Gasteiger partial charge in [0.1, 0.15) is 6.29 Å². The van der Waals surface area contributed by atoms with Gasteiger partial charge in [-0.15, -0.1) is 0 Å². The van der Waals surface area contributed by atoms with Crippen molar-refractivity contribution in [1.82, 2.24) is 0 Å². The SMILES string of the molecule is COC(O)C1CC2CC1C1C3CC(CC(C)(C=O)C3)C21. The van der Waals surface area contributed by atoms with E-state index in [1.807, 2.05) is 0 Å². The number of aldehydes is 1. The van der Waals surface area contributed by atoms with E-state index in [1.165, 1.54) is 19.1 Å². The Morgan fingerprint density at radius 3 is 2.50 bits per heavy atom. The van der Waals surface area contributed by atoms with Crippen LogP contribution in [0.4, 0.5) is 0 Å². The molecule has 4 rings (SSSR count). The van der Waals surface area contributed by atoms with E-state index < -0.39 is 6.29 Å². The van der Waals surface area contributed by atoms with Crippen molar-refractivity contribution in [2.75, 3.05) is 7.11 Å². The molecule has 0 heterocycles. The molecule has 112 valence electrons. The highest BCUT2D eigenvalue weighted by molar-refractivity contribution is 5.59. The highest BCUT2D eigenvalue weighted by Gasteiger charge is 2.64. The molecule has 0 radical (unpaired) electrons. The third-order valence-electron chi connectivity index (χ3n) is 7.23. The standard InChI is InChI=1S/C17H26O3/c1-17(8-18)6-10-3-11(7-17)15-12-4-9(14(10)15)5-13(12)16(19)20-2/h8-16,19H,3-7H2,1-2H3. The lowest BCUT2D eigenvalue weighted by Crippen LogP contribution is -2.36. The number of fused-ring (bicyclic) bond motifs is 9. The molecule has 0 saturated heterocycles. The molecule has 0 amide bonds. The van der Waals surface area contributed by atoms with Gasteiger partial charge >= 0.3 is 0 Å². The number of ether oxygens (including phenoxy) is 1. The molecular weight excluding hydrogens is 252 g/mol. The average molecular weight is 278 g/mol. The van der Waals surface area contributed by atoms with Gasteiger partial charge in [0.15, 0.2) is 6.29 Å². The van der Waals surface area contributed by atoms with Crippen LogP contribution < -0.4 is 0 Å². The Morgan fingerprint density at radius 2 is 1.85 bits per heavy atom. The van der Waals surface area contributed by atoms with Gasteiger partial charge < -0.3 is 14.6 Å². The van der Waals surface area contributed by atoms with Crippen molar-refractivity contribution in [3.63, 3.8) is 0 Å². The van der Waals surface area contributed by atoms with Crippen LogP contribution in [0.5, 0.6) is 0 Å². The van der Waals surface area contributed by atoms with Crippen molar-refractivity contribution in [2.24, 2.45) is 46.8 Å². The van der Waals surface area contributed by atoms with Gasteiger partial charge in [-0.2, -0.15) is 0 Å². The topological polar surface area (TPSA) is 46.5 Å². The molecule has 3 nitrogen and oxygen atoms in total. The van der Waals surface area contributed by atoms with Crippen molar-refractivity contribution in [3.05, 3.63) is 0 Å². The van der Waals surface area contributed by atoms with Gasteiger partial charge in [-0.05, 0) is 67.6 Å². The molecule has 4 saturated carbocycles. The molecule has 0 aromatic rings. The largest absolute Gasteiger partial charge is 0.368 e. The summed E-state index contributed by atoms with van der Waals surface area (Å²) in [5.74, 6) is 4.85. The van der Waals surface area contributed by atoms with Gasteiger partial charge in [0, 0.05) is 18.4 Å².